The fourth-order valence-electron chi connectivity index (χ4n) is 2.00. The number of hydrogen-bond donors (Lipinski definition) is 2. The van der Waals surface area contributed by atoms with E-state index in [1.807, 2.05) is 0 Å². The van der Waals surface area contributed by atoms with Gasteiger partial charge in [0.2, 0.25) is 5.91 Å². The molecule has 2 rings (SSSR count). The van der Waals surface area contributed by atoms with Crippen molar-refractivity contribution in [2.45, 2.75) is 13.0 Å². The molecule has 0 aliphatic carbocycles. The molecule has 0 aromatic heterocycles. The number of halogens is 3. The van der Waals surface area contributed by atoms with Crippen molar-refractivity contribution in [1.82, 2.24) is 0 Å². The van der Waals surface area contributed by atoms with Crippen LogP contribution in [0.15, 0.2) is 36.4 Å². The number of aryl methyl sites for hydroxylation is 1. The molecule has 0 fully saturated rings. The van der Waals surface area contributed by atoms with Crippen LogP contribution in [0.4, 0.5) is 18.9 Å². The lowest BCUT2D eigenvalue weighted by Gasteiger charge is -2.18. The molecule has 2 aromatic carbocycles. The van der Waals surface area contributed by atoms with Crippen molar-refractivity contribution in [2.75, 3.05) is 5.32 Å². The van der Waals surface area contributed by atoms with Gasteiger partial charge in [-0.1, -0.05) is 6.07 Å². The number of amides is 1. The molecule has 3 nitrogen and oxygen atoms in total. The Bertz CT molecular complexity index is 668. The van der Waals surface area contributed by atoms with Crippen LogP contribution in [0.25, 0.3) is 0 Å². The zero-order valence-electron chi connectivity index (χ0n) is 11.2. The van der Waals surface area contributed by atoms with Gasteiger partial charge >= 0.3 is 0 Å². The summed E-state index contributed by atoms with van der Waals surface area (Å²) in [4.78, 5) is 11.5. The predicted octanol–water partition coefficient (Wildman–Crippen LogP) is 3.05. The highest BCUT2D eigenvalue weighted by molar-refractivity contribution is 5.84. The van der Waals surface area contributed by atoms with Crippen molar-refractivity contribution >= 4 is 11.6 Å². The smallest absolute Gasteiger partial charge is 0.244 e. The van der Waals surface area contributed by atoms with Gasteiger partial charge in [0.1, 0.15) is 11.9 Å². The van der Waals surface area contributed by atoms with E-state index in [-0.39, 0.29) is 5.56 Å². The van der Waals surface area contributed by atoms with Gasteiger partial charge in [-0.15, -0.1) is 0 Å². The topological polar surface area (TPSA) is 55.1 Å². The Morgan fingerprint density at radius 2 is 1.81 bits per heavy atom. The van der Waals surface area contributed by atoms with Crippen LogP contribution in [-0.2, 0) is 4.79 Å². The molecule has 1 amide bonds. The maximum absolute atomic E-state index is 13.3. The minimum Gasteiger partial charge on any atom is -0.370 e. The number of nitrogens with one attached hydrogen (secondary N) is 1. The molecule has 0 spiro atoms. The molecule has 0 bridgehead atoms. The second kappa shape index (κ2) is 5.87. The molecule has 0 aliphatic rings. The maximum atomic E-state index is 13.3. The van der Waals surface area contributed by atoms with E-state index in [4.69, 9.17) is 5.73 Å². The maximum Gasteiger partial charge on any atom is 0.244 e. The number of rotatable bonds is 4. The minimum absolute atomic E-state index is 0.156. The van der Waals surface area contributed by atoms with Crippen LogP contribution in [0.3, 0.4) is 0 Å². The largest absolute Gasteiger partial charge is 0.370 e. The molecular weight excluding hydrogens is 281 g/mol. The first-order valence-electron chi connectivity index (χ1n) is 6.15. The van der Waals surface area contributed by atoms with Crippen LogP contribution in [0.1, 0.15) is 17.2 Å². The van der Waals surface area contributed by atoms with Crippen LogP contribution >= 0.6 is 0 Å². The summed E-state index contributed by atoms with van der Waals surface area (Å²) in [5, 5.41) is 2.72. The van der Waals surface area contributed by atoms with E-state index in [9.17, 15) is 18.0 Å². The lowest BCUT2D eigenvalue weighted by Crippen LogP contribution is -2.28. The Kier molecular flexibility index (Phi) is 4.16. The molecule has 1 atom stereocenters. The summed E-state index contributed by atoms with van der Waals surface area (Å²) in [5.41, 5.74) is 6.39. The average Bonchev–Trinajstić information content (AvgIpc) is 2.38. The van der Waals surface area contributed by atoms with Crippen molar-refractivity contribution in [2.24, 2.45) is 5.73 Å². The Morgan fingerprint density at radius 1 is 1.10 bits per heavy atom. The standard InChI is InChI=1S/C15H13F3N2O/c1-8-4-10(16)7-11(5-8)20-14(15(19)21)9-2-3-12(17)13(18)6-9/h2-7,14,20H,1H3,(H2,19,21). The Hall–Kier alpha value is -2.50. The molecule has 0 heterocycles. The summed E-state index contributed by atoms with van der Waals surface area (Å²) >= 11 is 0. The first-order valence-corrected chi connectivity index (χ1v) is 6.15. The summed E-state index contributed by atoms with van der Waals surface area (Å²) in [6.45, 7) is 1.69. The van der Waals surface area contributed by atoms with E-state index in [1.54, 1.807) is 13.0 Å². The number of benzene rings is 2. The van der Waals surface area contributed by atoms with Gasteiger partial charge in [0.05, 0.1) is 0 Å². The summed E-state index contributed by atoms with van der Waals surface area (Å²) in [5.74, 6) is -3.38. The van der Waals surface area contributed by atoms with E-state index in [2.05, 4.69) is 5.32 Å². The van der Waals surface area contributed by atoms with Gasteiger partial charge < -0.3 is 11.1 Å². The molecule has 21 heavy (non-hydrogen) atoms. The fraction of sp³-hybridized carbons (Fsp3) is 0.133. The third-order valence-corrected chi connectivity index (χ3v) is 2.91. The first kappa shape index (κ1) is 14.9. The fourth-order valence-corrected chi connectivity index (χ4v) is 2.00. The second-order valence-corrected chi connectivity index (χ2v) is 4.67. The van der Waals surface area contributed by atoms with Gasteiger partial charge in [-0.25, -0.2) is 13.2 Å². The van der Waals surface area contributed by atoms with Crippen LogP contribution < -0.4 is 11.1 Å². The van der Waals surface area contributed by atoms with Crippen LogP contribution in [0, 0.1) is 24.4 Å². The van der Waals surface area contributed by atoms with Gasteiger partial charge in [0.25, 0.3) is 0 Å². The summed E-state index contributed by atoms with van der Waals surface area (Å²) in [6, 6.07) is 6.04. The van der Waals surface area contributed by atoms with Gasteiger partial charge in [0.15, 0.2) is 11.6 Å². The third kappa shape index (κ3) is 3.53. The highest BCUT2D eigenvalue weighted by Gasteiger charge is 2.19. The van der Waals surface area contributed by atoms with Gasteiger partial charge in [-0.2, -0.15) is 0 Å². The number of anilines is 1. The van der Waals surface area contributed by atoms with E-state index in [0.29, 0.717) is 11.3 Å². The van der Waals surface area contributed by atoms with Crippen molar-refractivity contribution in [1.29, 1.82) is 0 Å². The summed E-state index contributed by atoms with van der Waals surface area (Å²) in [7, 11) is 0. The summed E-state index contributed by atoms with van der Waals surface area (Å²) < 4.78 is 39.5. The molecule has 0 radical (unpaired) electrons. The second-order valence-electron chi connectivity index (χ2n) is 4.67. The summed E-state index contributed by atoms with van der Waals surface area (Å²) in [6.07, 6.45) is 0. The first-order chi connectivity index (χ1) is 9.86. The number of carbonyl (C=O) groups is 1. The van der Waals surface area contributed by atoms with Gasteiger partial charge in [-0.05, 0) is 48.4 Å². The lowest BCUT2D eigenvalue weighted by atomic mass is 10.1. The molecule has 0 aliphatic heterocycles. The minimum atomic E-state index is -1.10. The molecular formula is C15H13F3N2O. The van der Waals surface area contributed by atoms with Crippen molar-refractivity contribution in [3.8, 4) is 0 Å². The van der Waals surface area contributed by atoms with E-state index < -0.39 is 29.4 Å². The van der Waals surface area contributed by atoms with E-state index >= 15 is 0 Å². The third-order valence-electron chi connectivity index (χ3n) is 2.91. The van der Waals surface area contributed by atoms with Crippen molar-refractivity contribution in [3.05, 3.63) is 65.0 Å². The highest BCUT2D eigenvalue weighted by Crippen LogP contribution is 2.22. The van der Waals surface area contributed by atoms with Crippen LogP contribution in [0.2, 0.25) is 0 Å². The van der Waals surface area contributed by atoms with E-state index in [0.717, 1.165) is 12.1 Å². The zero-order valence-corrected chi connectivity index (χ0v) is 11.2. The zero-order chi connectivity index (χ0) is 15.6. The van der Waals surface area contributed by atoms with Crippen LogP contribution in [-0.4, -0.2) is 5.91 Å². The quantitative estimate of drug-likeness (QED) is 0.910. The molecule has 0 saturated carbocycles. The highest BCUT2D eigenvalue weighted by atomic mass is 19.2. The predicted molar refractivity (Wildman–Crippen MR) is 73.1 cm³/mol. The van der Waals surface area contributed by atoms with E-state index in [1.165, 1.54) is 18.2 Å². The molecule has 110 valence electrons. The molecule has 0 saturated heterocycles. The molecule has 3 N–H and O–H groups in total. The van der Waals surface area contributed by atoms with Gasteiger partial charge in [-0.3, -0.25) is 4.79 Å². The molecule has 1 unspecified atom stereocenters. The van der Waals surface area contributed by atoms with Crippen LogP contribution in [0.5, 0.6) is 0 Å². The number of carbonyl (C=O) groups excluding carboxylic acids is 1. The molecule has 2 aromatic rings. The normalized spacial score (nSPS) is 12.0. The van der Waals surface area contributed by atoms with Gasteiger partial charge in [0, 0.05) is 5.69 Å². The average molecular weight is 294 g/mol. The van der Waals surface area contributed by atoms with Crippen molar-refractivity contribution in [3.63, 3.8) is 0 Å². The Balaban J connectivity index is 2.35. The SMILES string of the molecule is Cc1cc(F)cc(NC(C(N)=O)c2ccc(F)c(F)c2)c1. The lowest BCUT2D eigenvalue weighted by molar-refractivity contribution is -0.118. The Labute approximate surface area is 119 Å². The monoisotopic (exact) mass is 294 g/mol. The number of primary amides is 1. The molecule has 6 heteroatoms. The number of nitrogens with two attached hydrogens (primary N) is 1. The van der Waals surface area contributed by atoms with Crippen molar-refractivity contribution < 1.29 is 18.0 Å². The number of hydrogen-bond acceptors (Lipinski definition) is 2. The Morgan fingerprint density at radius 3 is 2.38 bits per heavy atom.